The largest absolute Gasteiger partial charge is 0.347 e. The quantitative estimate of drug-likeness (QED) is 0.725. The molecule has 4 rings (SSSR count). The average Bonchev–Trinajstić information content (AvgIpc) is 2.73. The van der Waals surface area contributed by atoms with E-state index in [9.17, 15) is 0 Å². The fourth-order valence-corrected chi connectivity index (χ4v) is 3.90. The summed E-state index contributed by atoms with van der Waals surface area (Å²) in [5.74, 6) is 0.899. The van der Waals surface area contributed by atoms with Gasteiger partial charge >= 0.3 is 0 Å². The smallest absolute Gasteiger partial charge is 0.0480 e. The summed E-state index contributed by atoms with van der Waals surface area (Å²) in [5.41, 5.74) is 3.40. The van der Waals surface area contributed by atoms with Gasteiger partial charge in [0.15, 0.2) is 0 Å². The first kappa shape index (κ1) is 9.72. The van der Waals surface area contributed by atoms with Gasteiger partial charge in [0.05, 0.1) is 0 Å². The predicted molar refractivity (Wildman–Crippen MR) is 70.2 cm³/mol. The minimum absolute atomic E-state index is 0.475. The van der Waals surface area contributed by atoms with Crippen LogP contribution in [0.5, 0.6) is 0 Å². The first-order valence-corrected chi connectivity index (χ1v) is 6.44. The second kappa shape index (κ2) is 2.94. The molecule has 1 saturated carbocycles. The van der Waals surface area contributed by atoms with E-state index in [0.29, 0.717) is 5.41 Å². The number of aryl methyl sites for hydroxylation is 1. The molecule has 0 amide bonds. The van der Waals surface area contributed by atoms with E-state index in [2.05, 4.69) is 53.9 Å². The van der Waals surface area contributed by atoms with Crippen LogP contribution in [0.4, 0.5) is 0 Å². The van der Waals surface area contributed by atoms with Crippen molar-refractivity contribution in [1.29, 1.82) is 0 Å². The van der Waals surface area contributed by atoms with E-state index in [4.69, 9.17) is 0 Å². The van der Waals surface area contributed by atoms with E-state index in [1.807, 2.05) is 0 Å². The average molecular weight is 226 g/mol. The van der Waals surface area contributed by atoms with Crippen molar-refractivity contribution < 1.29 is 0 Å². The zero-order valence-corrected chi connectivity index (χ0v) is 10.5. The predicted octanol–water partition coefficient (Wildman–Crippen LogP) is 2.38. The highest BCUT2D eigenvalue weighted by molar-refractivity contribution is 5.82. The second-order valence-corrected chi connectivity index (χ2v) is 5.90. The Kier molecular flexibility index (Phi) is 1.68. The molecule has 1 aromatic heterocycles. The van der Waals surface area contributed by atoms with Gasteiger partial charge < -0.3 is 9.47 Å². The lowest BCUT2D eigenvalue weighted by molar-refractivity contribution is 0.360. The van der Waals surface area contributed by atoms with E-state index < -0.39 is 0 Å². The Bertz CT molecular complexity index is 598. The minimum Gasteiger partial charge on any atom is -0.347 e. The number of aromatic nitrogens is 1. The molecule has 1 aliphatic carbocycles. The molecule has 2 aromatic rings. The Labute approximate surface area is 102 Å². The van der Waals surface area contributed by atoms with Crippen LogP contribution in [0.15, 0.2) is 30.3 Å². The van der Waals surface area contributed by atoms with Crippen LogP contribution >= 0.6 is 0 Å². The summed E-state index contributed by atoms with van der Waals surface area (Å²) >= 11 is 0. The van der Waals surface area contributed by atoms with E-state index in [1.54, 1.807) is 5.69 Å². The molecule has 1 aromatic carbocycles. The maximum atomic E-state index is 2.48. The van der Waals surface area contributed by atoms with Gasteiger partial charge in [-0.1, -0.05) is 18.2 Å². The zero-order valence-electron chi connectivity index (χ0n) is 10.5. The Morgan fingerprint density at radius 3 is 2.76 bits per heavy atom. The summed E-state index contributed by atoms with van der Waals surface area (Å²) in [6.45, 7) is 2.52. The first-order chi connectivity index (χ1) is 8.21. The van der Waals surface area contributed by atoms with Gasteiger partial charge in [-0.15, -0.1) is 0 Å². The molecule has 0 radical (unpaired) electrons. The standard InChI is InChI=1S/C15H18N2/c1-16-9-12-8-15(12,10-16)14-7-11-5-3-4-6-13(11)17(14)2/h3-7,12H,8-10H2,1-2H3. The molecule has 2 atom stereocenters. The van der Waals surface area contributed by atoms with Crippen LogP contribution in [0.1, 0.15) is 12.1 Å². The van der Waals surface area contributed by atoms with Gasteiger partial charge in [-0.3, -0.25) is 0 Å². The van der Waals surface area contributed by atoms with Crippen molar-refractivity contribution in [2.24, 2.45) is 13.0 Å². The number of hydrogen-bond donors (Lipinski definition) is 0. The maximum absolute atomic E-state index is 2.48. The molecular weight excluding hydrogens is 208 g/mol. The van der Waals surface area contributed by atoms with Crippen LogP contribution in [0.25, 0.3) is 10.9 Å². The number of piperidine rings is 1. The molecule has 2 aliphatic rings. The summed E-state index contributed by atoms with van der Waals surface area (Å²) in [4.78, 5) is 2.48. The third-order valence-corrected chi connectivity index (χ3v) is 4.78. The van der Waals surface area contributed by atoms with Crippen LogP contribution in [-0.2, 0) is 12.5 Å². The number of benzene rings is 1. The number of fused-ring (bicyclic) bond motifs is 2. The van der Waals surface area contributed by atoms with Gasteiger partial charge in [-0.25, -0.2) is 0 Å². The molecule has 2 heteroatoms. The molecule has 88 valence electrons. The molecule has 17 heavy (non-hydrogen) atoms. The topological polar surface area (TPSA) is 8.17 Å². The van der Waals surface area contributed by atoms with Crippen molar-refractivity contribution in [3.05, 3.63) is 36.0 Å². The highest BCUT2D eigenvalue weighted by Gasteiger charge is 2.61. The highest BCUT2D eigenvalue weighted by Crippen LogP contribution is 2.59. The molecule has 0 bridgehead atoms. The molecular formula is C15H18N2. The van der Waals surface area contributed by atoms with Crippen LogP contribution in [0.2, 0.25) is 0 Å². The number of rotatable bonds is 1. The van der Waals surface area contributed by atoms with Gasteiger partial charge in [-0.05, 0) is 36.9 Å². The fraction of sp³-hybridized carbons (Fsp3) is 0.467. The van der Waals surface area contributed by atoms with Crippen molar-refractivity contribution in [1.82, 2.24) is 9.47 Å². The minimum atomic E-state index is 0.475. The number of likely N-dealkylation sites (N-methyl/N-ethyl adjacent to an activating group) is 1. The normalized spacial score (nSPS) is 32.0. The van der Waals surface area contributed by atoms with Crippen LogP contribution in [0.3, 0.4) is 0 Å². The third kappa shape index (κ3) is 1.14. The van der Waals surface area contributed by atoms with E-state index >= 15 is 0 Å². The van der Waals surface area contributed by atoms with E-state index in [-0.39, 0.29) is 0 Å². The lowest BCUT2D eigenvalue weighted by atomic mass is 10.0. The Morgan fingerprint density at radius 2 is 2.06 bits per heavy atom. The van der Waals surface area contributed by atoms with Gasteiger partial charge in [0.25, 0.3) is 0 Å². The monoisotopic (exact) mass is 226 g/mol. The summed E-state index contributed by atoms with van der Waals surface area (Å²) in [6.07, 6.45) is 1.39. The second-order valence-electron chi connectivity index (χ2n) is 5.90. The number of likely N-dealkylation sites (tertiary alicyclic amines) is 1. The maximum Gasteiger partial charge on any atom is 0.0480 e. The van der Waals surface area contributed by atoms with Crippen molar-refractivity contribution in [2.75, 3.05) is 20.1 Å². The van der Waals surface area contributed by atoms with Gasteiger partial charge in [-0.2, -0.15) is 0 Å². The Morgan fingerprint density at radius 1 is 1.24 bits per heavy atom. The molecule has 2 fully saturated rings. The van der Waals surface area contributed by atoms with Crippen LogP contribution < -0.4 is 0 Å². The molecule has 0 spiro atoms. The van der Waals surface area contributed by atoms with Gasteiger partial charge in [0.1, 0.15) is 0 Å². The molecule has 2 unspecified atom stereocenters. The Hall–Kier alpha value is -1.28. The lowest BCUT2D eigenvalue weighted by Gasteiger charge is -2.17. The number of para-hydroxylation sites is 1. The lowest BCUT2D eigenvalue weighted by Crippen LogP contribution is -2.23. The highest BCUT2D eigenvalue weighted by atomic mass is 15.2. The van der Waals surface area contributed by atoms with Crippen molar-refractivity contribution in [3.63, 3.8) is 0 Å². The van der Waals surface area contributed by atoms with Crippen molar-refractivity contribution in [3.8, 4) is 0 Å². The molecule has 1 aliphatic heterocycles. The van der Waals surface area contributed by atoms with Crippen molar-refractivity contribution >= 4 is 10.9 Å². The summed E-state index contributed by atoms with van der Waals surface area (Å²) in [5, 5.41) is 1.39. The summed E-state index contributed by atoms with van der Waals surface area (Å²) in [6, 6.07) is 11.1. The van der Waals surface area contributed by atoms with Gasteiger partial charge in [0, 0.05) is 36.8 Å². The number of nitrogens with zero attached hydrogens (tertiary/aromatic N) is 2. The van der Waals surface area contributed by atoms with Crippen molar-refractivity contribution in [2.45, 2.75) is 11.8 Å². The summed E-state index contributed by atoms with van der Waals surface area (Å²) < 4.78 is 2.41. The molecule has 1 saturated heterocycles. The van der Waals surface area contributed by atoms with E-state index in [0.717, 1.165) is 5.92 Å². The van der Waals surface area contributed by atoms with Crippen LogP contribution in [-0.4, -0.2) is 29.6 Å². The number of hydrogen-bond acceptors (Lipinski definition) is 1. The SMILES string of the molecule is CN1CC2CC2(c2cc3ccccc3n2C)C1. The summed E-state index contributed by atoms with van der Waals surface area (Å²) in [7, 11) is 4.47. The first-order valence-electron chi connectivity index (χ1n) is 6.44. The van der Waals surface area contributed by atoms with Gasteiger partial charge in [0.2, 0.25) is 0 Å². The zero-order chi connectivity index (χ0) is 11.6. The Balaban J connectivity index is 1.90. The van der Waals surface area contributed by atoms with E-state index in [1.165, 1.54) is 30.4 Å². The van der Waals surface area contributed by atoms with Crippen LogP contribution in [0, 0.1) is 5.92 Å². The molecule has 2 nitrogen and oxygen atoms in total. The molecule has 0 N–H and O–H groups in total. The molecule has 2 heterocycles. The third-order valence-electron chi connectivity index (χ3n) is 4.78. The fourth-order valence-electron chi connectivity index (χ4n) is 3.90.